The molecule has 21 heavy (non-hydrogen) atoms. The largest absolute Gasteiger partial charge is 0.479 e. The molecule has 6 heteroatoms. The molecule has 2 rings (SSSR count). The Morgan fingerprint density at radius 3 is 2.76 bits per heavy atom. The number of ether oxygens (including phenoxy) is 1. The van der Waals surface area contributed by atoms with E-state index in [2.05, 4.69) is 26.8 Å². The van der Waals surface area contributed by atoms with Crippen molar-refractivity contribution in [3.8, 4) is 5.88 Å². The van der Waals surface area contributed by atoms with Crippen LogP contribution in [0.3, 0.4) is 0 Å². The van der Waals surface area contributed by atoms with E-state index >= 15 is 0 Å². The molecule has 0 atom stereocenters. The van der Waals surface area contributed by atoms with Gasteiger partial charge >= 0.3 is 0 Å². The molecule has 0 radical (unpaired) electrons. The normalized spacial score (nSPS) is 10.5. The molecule has 0 unspecified atom stereocenters. The quantitative estimate of drug-likeness (QED) is 0.848. The molecule has 0 aromatic carbocycles. The molecular formula is C15H23N5O. The van der Waals surface area contributed by atoms with Gasteiger partial charge in [-0.2, -0.15) is 0 Å². The van der Waals surface area contributed by atoms with Crippen molar-refractivity contribution in [2.45, 2.75) is 26.4 Å². The number of pyridine rings is 1. The minimum absolute atomic E-state index is 0.592. The van der Waals surface area contributed by atoms with Crippen LogP contribution in [0, 0.1) is 0 Å². The Balaban J connectivity index is 2.20. The monoisotopic (exact) mass is 289 g/mol. The van der Waals surface area contributed by atoms with Crippen molar-refractivity contribution in [3.05, 3.63) is 30.5 Å². The summed E-state index contributed by atoms with van der Waals surface area (Å²) in [6.07, 6.45) is 6.67. The molecule has 0 spiro atoms. The highest BCUT2D eigenvalue weighted by molar-refractivity contribution is 5.74. The molecule has 0 saturated carbocycles. The summed E-state index contributed by atoms with van der Waals surface area (Å²) < 4.78 is 7.51. The molecule has 0 aliphatic rings. The highest BCUT2D eigenvalue weighted by atomic mass is 16.5. The number of anilines is 2. The van der Waals surface area contributed by atoms with Crippen LogP contribution < -0.4 is 15.0 Å². The Morgan fingerprint density at radius 1 is 1.29 bits per heavy atom. The Hall–Kier alpha value is -2.24. The van der Waals surface area contributed by atoms with Gasteiger partial charge in [-0.3, -0.25) is 0 Å². The van der Waals surface area contributed by atoms with Gasteiger partial charge in [0.2, 0.25) is 5.88 Å². The zero-order chi connectivity index (χ0) is 15.2. The predicted octanol–water partition coefficient (Wildman–Crippen LogP) is 2.37. The third-order valence-corrected chi connectivity index (χ3v) is 3.26. The minimum atomic E-state index is 0.592. The van der Waals surface area contributed by atoms with Crippen molar-refractivity contribution in [3.63, 3.8) is 0 Å². The average molecular weight is 289 g/mol. The standard InChI is InChI=1S/C15H23N5O/c1-5-9-20-10-8-16-13(20)11-18-14-12(19(2)3)6-7-17-15(14)21-4/h6-8,10,18H,5,9,11H2,1-4H3. The molecule has 114 valence electrons. The maximum Gasteiger partial charge on any atom is 0.239 e. The van der Waals surface area contributed by atoms with E-state index in [0.717, 1.165) is 30.2 Å². The summed E-state index contributed by atoms with van der Waals surface area (Å²) in [7, 11) is 5.63. The lowest BCUT2D eigenvalue weighted by Crippen LogP contribution is -2.15. The Bertz CT molecular complexity index is 579. The summed E-state index contributed by atoms with van der Waals surface area (Å²) in [5.74, 6) is 1.60. The molecule has 0 amide bonds. The molecular weight excluding hydrogens is 266 g/mol. The van der Waals surface area contributed by atoms with Crippen LogP contribution in [0.25, 0.3) is 0 Å². The van der Waals surface area contributed by atoms with E-state index in [0.29, 0.717) is 12.4 Å². The zero-order valence-corrected chi connectivity index (χ0v) is 13.1. The van der Waals surface area contributed by atoms with Crippen molar-refractivity contribution >= 4 is 11.4 Å². The van der Waals surface area contributed by atoms with Gasteiger partial charge in [0.25, 0.3) is 0 Å². The first kappa shape index (κ1) is 15.2. The fourth-order valence-corrected chi connectivity index (χ4v) is 2.25. The molecule has 0 aliphatic heterocycles. The Morgan fingerprint density at radius 2 is 2.10 bits per heavy atom. The maximum absolute atomic E-state index is 5.36. The van der Waals surface area contributed by atoms with Crippen LogP contribution in [0.15, 0.2) is 24.7 Å². The van der Waals surface area contributed by atoms with Gasteiger partial charge in [-0.1, -0.05) is 6.92 Å². The molecule has 0 aliphatic carbocycles. The van der Waals surface area contributed by atoms with Crippen LogP contribution in [-0.2, 0) is 13.1 Å². The average Bonchev–Trinajstić information content (AvgIpc) is 2.92. The van der Waals surface area contributed by atoms with E-state index in [4.69, 9.17) is 4.74 Å². The van der Waals surface area contributed by atoms with E-state index < -0.39 is 0 Å². The third-order valence-electron chi connectivity index (χ3n) is 3.26. The maximum atomic E-state index is 5.36. The predicted molar refractivity (Wildman–Crippen MR) is 85.0 cm³/mol. The lowest BCUT2D eigenvalue weighted by Gasteiger charge is -2.20. The van der Waals surface area contributed by atoms with E-state index in [9.17, 15) is 0 Å². The van der Waals surface area contributed by atoms with Gasteiger partial charge in [0.15, 0.2) is 0 Å². The first-order valence-electron chi connectivity index (χ1n) is 7.11. The first-order valence-corrected chi connectivity index (χ1v) is 7.11. The smallest absolute Gasteiger partial charge is 0.239 e. The second-order valence-corrected chi connectivity index (χ2v) is 5.00. The molecule has 0 bridgehead atoms. The topological polar surface area (TPSA) is 55.2 Å². The van der Waals surface area contributed by atoms with Crippen molar-refractivity contribution in [2.75, 3.05) is 31.4 Å². The van der Waals surface area contributed by atoms with Crippen molar-refractivity contribution < 1.29 is 4.74 Å². The number of nitrogens with one attached hydrogen (secondary N) is 1. The summed E-state index contributed by atoms with van der Waals surface area (Å²) in [6, 6.07) is 1.96. The van der Waals surface area contributed by atoms with E-state index in [1.807, 2.05) is 37.5 Å². The molecule has 1 N–H and O–H groups in total. The summed E-state index contributed by atoms with van der Waals surface area (Å²) in [5, 5.41) is 3.40. The summed E-state index contributed by atoms with van der Waals surface area (Å²) >= 11 is 0. The number of hydrogen-bond donors (Lipinski definition) is 1. The second-order valence-electron chi connectivity index (χ2n) is 5.00. The minimum Gasteiger partial charge on any atom is -0.479 e. The van der Waals surface area contributed by atoms with Crippen molar-refractivity contribution in [1.29, 1.82) is 0 Å². The molecule has 6 nitrogen and oxygen atoms in total. The van der Waals surface area contributed by atoms with Gasteiger partial charge < -0.3 is 19.5 Å². The molecule has 0 saturated heterocycles. The van der Waals surface area contributed by atoms with Gasteiger partial charge in [-0.25, -0.2) is 9.97 Å². The first-order chi connectivity index (χ1) is 10.2. The number of rotatable bonds is 7. The fraction of sp³-hybridized carbons (Fsp3) is 0.467. The summed E-state index contributed by atoms with van der Waals surface area (Å²) in [5.41, 5.74) is 1.92. The number of aryl methyl sites for hydroxylation is 1. The summed E-state index contributed by atoms with van der Waals surface area (Å²) in [4.78, 5) is 10.7. The number of nitrogens with zero attached hydrogens (tertiary/aromatic N) is 4. The highest BCUT2D eigenvalue weighted by Gasteiger charge is 2.13. The van der Waals surface area contributed by atoms with Crippen molar-refractivity contribution in [2.24, 2.45) is 0 Å². The Labute approximate surface area is 125 Å². The van der Waals surface area contributed by atoms with E-state index in [-0.39, 0.29) is 0 Å². The fourth-order valence-electron chi connectivity index (χ4n) is 2.25. The van der Waals surface area contributed by atoms with Crippen LogP contribution in [0.2, 0.25) is 0 Å². The Kier molecular flexibility index (Phi) is 5.03. The van der Waals surface area contributed by atoms with E-state index in [1.54, 1.807) is 13.3 Å². The third kappa shape index (κ3) is 3.45. The molecule has 2 aromatic heterocycles. The second kappa shape index (κ2) is 6.97. The van der Waals surface area contributed by atoms with Crippen molar-refractivity contribution in [1.82, 2.24) is 14.5 Å². The lowest BCUT2D eigenvalue weighted by molar-refractivity contribution is 0.399. The van der Waals surface area contributed by atoms with E-state index in [1.165, 1.54) is 0 Å². The van der Waals surface area contributed by atoms with Crippen LogP contribution in [-0.4, -0.2) is 35.7 Å². The van der Waals surface area contributed by atoms with Crippen LogP contribution in [0.1, 0.15) is 19.2 Å². The van der Waals surface area contributed by atoms with Crippen LogP contribution in [0.4, 0.5) is 11.4 Å². The number of imidazole rings is 1. The number of aromatic nitrogens is 3. The number of methoxy groups -OCH3 is 1. The molecule has 0 fully saturated rings. The lowest BCUT2D eigenvalue weighted by atomic mass is 10.3. The van der Waals surface area contributed by atoms with Gasteiger partial charge in [0.1, 0.15) is 11.5 Å². The zero-order valence-electron chi connectivity index (χ0n) is 13.1. The van der Waals surface area contributed by atoms with Gasteiger partial charge in [0, 0.05) is 39.2 Å². The van der Waals surface area contributed by atoms with Crippen LogP contribution in [0.5, 0.6) is 5.88 Å². The summed E-state index contributed by atoms with van der Waals surface area (Å²) in [6.45, 7) is 3.77. The molecule has 2 aromatic rings. The van der Waals surface area contributed by atoms with Gasteiger partial charge in [0.05, 0.1) is 19.3 Å². The highest BCUT2D eigenvalue weighted by Crippen LogP contribution is 2.32. The van der Waals surface area contributed by atoms with Gasteiger partial charge in [-0.05, 0) is 12.5 Å². The number of hydrogen-bond acceptors (Lipinski definition) is 5. The SMILES string of the molecule is CCCn1ccnc1CNc1c(N(C)C)ccnc1OC. The van der Waals surface area contributed by atoms with Gasteiger partial charge in [-0.15, -0.1) is 0 Å². The van der Waals surface area contributed by atoms with Crippen LogP contribution >= 0.6 is 0 Å². The molecule has 2 heterocycles.